The quantitative estimate of drug-likeness (QED) is 0.750. The molecule has 0 saturated carbocycles. The van der Waals surface area contributed by atoms with Crippen LogP contribution in [-0.4, -0.2) is 36.2 Å². The monoisotopic (exact) mass is 366 g/mol. The van der Waals surface area contributed by atoms with E-state index in [1.165, 1.54) is 6.07 Å². The summed E-state index contributed by atoms with van der Waals surface area (Å²) in [7, 11) is 0. The van der Waals surface area contributed by atoms with Crippen LogP contribution in [0.5, 0.6) is 0 Å². The third-order valence-corrected chi connectivity index (χ3v) is 4.08. The normalized spacial score (nSPS) is 21.9. The molecule has 0 radical (unpaired) electrons. The van der Waals surface area contributed by atoms with Crippen LogP contribution in [0.4, 0.5) is 13.2 Å². The molecular formula is C16H22ClF3N2O2. The molecule has 3 N–H and O–H groups in total. The van der Waals surface area contributed by atoms with Crippen molar-refractivity contribution in [2.45, 2.75) is 44.0 Å². The van der Waals surface area contributed by atoms with E-state index in [4.69, 9.17) is 0 Å². The van der Waals surface area contributed by atoms with Gasteiger partial charge >= 0.3 is 6.18 Å². The minimum Gasteiger partial charge on any atom is -0.392 e. The number of alkyl halides is 3. The highest BCUT2D eigenvalue weighted by molar-refractivity contribution is 5.85. The zero-order valence-corrected chi connectivity index (χ0v) is 14.1. The number of halogens is 4. The molecule has 1 aromatic carbocycles. The molecule has 2 rings (SSSR count). The van der Waals surface area contributed by atoms with Gasteiger partial charge in [0.1, 0.15) is 0 Å². The van der Waals surface area contributed by atoms with E-state index in [9.17, 15) is 23.1 Å². The Bertz CT molecular complexity index is 554. The third-order valence-electron chi connectivity index (χ3n) is 4.08. The molecule has 1 heterocycles. The minimum absolute atomic E-state index is 0. The lowest BCUT2D eigenvalue weighted by Crippen LogP contribution is -2.40. The van der Waals surface area contributed by atoms with Crippen molar-refractivity contribution < 1.29 is 23.1 Å². The van der Waals surface area contributed by atoms with Gasteiger partial charge in [-0.15, -0.1) is 12.4 Å². The van der Waals surface area contributed by atoms with Crippen molar-refractivity contribution in [3.05, 3.63) is 35.4 Å². The van der Waals surface area contributed by atoms with Crippen molar-refractivity contribution >= 4 is 18.3 Å². The molecule has 3 atom stereocenters. The van der Waals surface area contributed by atoms with Crippen molar-refractivity contribution in [3.63, 3.8) is 0 Å². The first-order chi connectivity index (χ1) is 10.8. The van der Waals surface area contributed by atoms with Gasteiger partial charge in [0.25, 0.3) is 0 Å². The van der Waals surface area contributed by atoms with E-state index in [0.717, 1.165) is 12.1 Å². The third kappa shape index (κ3) is 5.65. The molecule has 24 heavy (non-hydrogen) atoms. The standard InChI is InChI=1S/C16H21F3N2O2.ClH/c1-10(11-3-2-4-12(7-11)16(17,18)19)5-6-20-15(23)14-8-13(22)9-21-14;/h2-4,7,10,13-14,21-22H,5-6,8-9H2,1H3,(H,20,23);1H. The van der Waals surface area contributed by atoms with Crippen molar-refractivity contribution in [2.24, 2.45) is 0 Å². The van der Waals surface area contributed by atoms with E-state index in [0.29, 0.717) is 31.5 Å². The summed E-state index contributed by atoms with van der Waals surface area (Å²) in [5.41, 5.74) is -0.0569. The largest absolute Gasteiger partial charge is 0.416 e. The van der Waals surface area contributed by atoms with E-state index < -0.39 is 23.9 Å². The van der Waals surface area contributed by atoms with Gasteiger partial charge in [0, 0.05) is 13.1 Å². The maximum atomic E-state index is 12.7. The smallest absolute Gasteiger partial charge is 0.392 e. The molecule has 4 nitrogen and oxygen atoms in total. The predicted octanol–water partition coefficient (Wildman–Crippen LogP) is 2.46. The first kappa shape index (κ1) is 20.7. The maximum Gasteiger partial charge on any atom is 0.416 e. The van der Waals surface area contributed by atoms with Gasteiger partial charge in [0.05, 0.1) is 17.7 Å². The zero-order chi connectivity index (χ0) is 17.0. The number of rotatable bonds is 5. The van der Waals surface area contributed by atoms with Crippen LogP contribution in [0.3, 0.4) is 0 Å². The van der Waals surface area contributed by atoms with E-state index in [-0.39, 0.29) is 24.2 Å². The Balaban J connectivity index is 0.00000288. The Kier molecular flexibility index (Phi) is 7.51. The van der Waals surface area contributed by atoms with Gasteiger partial charge in [0.15, 0.2) is 0 Å². The van der Waals surface area contributed by atoms with E-state index >= 15 is 0 Å². The van der Waals surface area contributed by atoms with Gasteiger partial charge in [-0.25, -0.2) is 0 Å². The van der Waals surface area contributed by atoms with Gasteiger partial charge in [-0.1, -0.05) is 25.1 Å². The van der Waals surface area contributed by atoms with Crippen LogP contribution in [0.2, 0.25) is 0 Å². The molecule has 136 valence electrons. The van der Waals surface area contributed by atoms with Crippen molar-refractivity contribution in [1.29, 1.82) is 0 Å². The van der Waals surface area contributed by atoms with E-state index in [2.05, 4.69) is 10.6 Å². The summed E-state index contributed by atoms with van der Waals surface area (Å²) in [6.45, 7) is 2.61. The fourth-order valence-electron chi connectivity index (χ4n) is 2.64. The topological polar surface area (TPSA) is 61.4 Å². The van der Waals surface area contributed by atoms with E-state index in [1.54, 1.807) is 6.07 Å². The molecule has 1 fully saturated rings. The van der Waals surface area contributed by atoms with Gasteiger partial charge in [-0.3, -0.25) is 4.79 Å². The molecule has 1 aromatic rings. The summed E-state index contributed by atoms with van der Waals surface area (Å²) < 4.78 is 38.1. The van der Waals surface area contributed by atoms with Crippen LogP contribution >= 0.6 is 12.4 Å². The molecule has 3 unspecified atom stereocenters. The highest BCUT2D eigenvalue weighted by atomic mass is 35.5. The zero-order valence-electron chi connectivity index (χ0n) is 13.3. The lowest BCUT2D eigenvalue weighted by atomic mass is 9.96. The molecule has 0 spiro atoms. The molecule has 0 aliphatic carbocycles. The van der Waals surface area contributed by atoms with Gasteiger partial charge in [-0.05, 0) is 30.4 Å². The number of nitrogens with one attached hydrogen (secondary N) is 2. The lowest BCUT2D eigenvalue weighted by Gasteiger charge is -2.16. The molecule has 1 amide bonds. The van der Waals surface area contributed by atoms with Crippen LogP contribution in [0, 0.1) is 0 Å². The predicted molar refractivity (Wildman–Crippen MR) is 87.1 cm³/mol. The Hall–Kier alpha value is -1.31. The Morgan fingerprint density at radius 3 is 2.75 bits per heavy atom. The molecule has 0 aromatic heterocycles. The number of amides is 1. The Morgan fingerprint density at radius 1 is 1.46 bits per heavy atom. The Labute approximate surface area is 145 Å². The number of carbonyl (C=O) groups excluding carboxylic acids is 1. The molecule has 1 aliphatic heterocycles. The SMILES string of the molecule is CC(CCNC(=O)C1CC(O)CN1)c1cccc(C(F)(F)F)c1.Cl. The molecule has 1 aliphatic rings. The van der Waals surface area contributed by atoms with Crippen LogP contribution < -0.4 is 10.6 Å². The number of aliphatic hydroxyl groups excluding tert-OH is 1. The summed E-state index contributed by atoms with van der Waals surface area (Å²) in [5.74, 6) is -0.280. The van der Waals surface area contributed by atoms with E-state index in [1.807, 2.05) is 6.92 Å². The van der Waals surface area contributed by atoms with Crippen molar-refractivity contribution in [2.75, 3.05) is 13.1 Å². The number of benzene rings is 1. The van der Waals surface area contributed by atoms with Crippen LogP contribution in [0.25, 0.3) is 0 Å². The van der Waals surface area contributed by atoms with Gasteiger partial charge < -0.3 is 15.7 Å². The minimum atomic E-state index is -4.35. The molecular weight excluding hydrogens is 345 g/mol. The molecule has 8 heteroatoms. The van der Waals surface area contributed by atoms with Crippen LogP contribution in [0.1, 0.15) is 36.8 Å². The van der Waals surface area contributed by atoms with Gasteiger partial charge in [0.2, 0.25) is 5.91 Å². The first-order valence-electron chi connectivity index (χ1n) is 7.63. The summed E-state index contributed by atoms with van der Waals surface area (Å²) in [4.78, 5) is 11.9. The number of β-amino-alcohol motifs (C(OH)–C–C–N with tert-alkyl or cyclic N) is 1. The van der Waals surface area contributed by atoms with Gasteiger partial charge in [-0.2, -0.15) is 13.2 Å². The maximum absolute atomic E-state index is 12.7. The molecule has 1 saturated heterocycles. The fourth-order valence-corrected chi connectivity index (χ4v) is 2.64. The van der Waals surface area contributed by atoms with Crippen molar-refractivity contribution in [1.82, 2.24) is 10.6 Å². The summed E-state index contributed by atoms with van der Waals surface area (Å²) in [6.07, 6.45) is -3.93. The number of carbonyl (C=O) groups is 1. The highest BCUT2D eigenvalue weighted by Crippen LogP contribution is 2.31. The van der Waals surface area contributed by atoms with Crippen LogP contribution in [0.15, 0.2) is 24.3 Å². The molecule has 0 bridgehead atoms. The van der Waals surface area contributed by atoms with Crippen LogP contribution in [-0.2, 0) is 11.0 Å². The first-order valence-corrected chi connectivity index (χ1v) is 7.63. The number of hydrogen-bond acceptors (Lipinski definition) is 3. The second kappa shape index (κ2) is 8.69. The summed E-state index contributed by atoms with van der Waals surface area (Å²) in [6, 6.07) is 4.87. The second-order valence-electron chi connectivity index (χ2n) is 5.95. The fraction of sp³-hybridized carbons (Fsp3) is 0.562. The second-order valence-corrected chi connectivity index (χ2v) is 5.95. The summed E-state index contributed by atoms with van der Waals surface area (Å²) in [5, 5.41) is 15.0. The Morgan fingerprint density at radius 2 is 2.17 bits per heavy atom. The number of aliphatic hydroxyl groups is 1. The average molecular weight is 367 g/mol. The van der Waals surface area contributed by atoms with Crippen molar-refractivity contribution in [3.8, 4) is 0 Å². The lowest BCUT2D eigenvalue weighted by molar-refractivity contribution is -0.137. The highest BCUT2D eigenvalue weighted by Gasteiger charge is 2.31. The average Bonchev–Trinajstić information content (AvgIpc) is 2.93. The summed E-state index contributed by atoms with van der Waals surface area (Å²) >= 11 is 0. The number of hydrogen-bond donors (Lipinski definition) is 3.